The fraction of sp³-hybridized carbons (Fsp3) is 0.500. The number of alkyl halides is 1. The molecule has 1 unspecified atom stereocenters. The van der Waals surface area contributed by atoms with Crippen LogP contribution >= 0.6 is 23.2 Å². The molecule has 1 fully saturated rings. The fourth-order valence-electron chi connectivity index (χ4n) is 1.73. The Morgan fingerprint density at radius 1 is 1.60 bits per heavy atom. The van der Waals surface area contributed by atoms with Crippen molar-refractivity contribution in [3.05, 3.63) is 23.1 Å². The zero-order valence-corrected chi connectivity index (χ0v) is 9.59. The van der Waals surface area contributed by atoms with Gasteiger partial charge in [0.25, 0.3) is 5.91 Å². The number of amides is 1. The maximum Gasteiger partial charge on any atom is 0.258 e. The summed E-state index contributed by atoms with van der Waals surface area (Å²) in [5, 5.41) is 0.199. The predicted octanol–water partition coefficient (Wildman–Crippen LogP) is 2.78. The van der Waals surface area contributed by atoms with E-state index in [-0.39, 0.29) is 16.5 Å². The molecular formula is C10H11Cl2NO2. The molecule has 5 heteroatoms. The Bertz CT molecular complexity index is 364. The molecule has 0 bridgehead atoms. The largest absolute Gasteiger partial charge is 0.452 e. The van der Waals surface area contributed by atoms with Crippen LogP contribution in [0, 0.1) is 0 Å². The first-order chi connectivity index (χ1) is 7.18. The Kier molecular flexibility index (Phi) is 3.22. The minimum atomic E-state index is -0.0981. The fourth-order valence-corrected chi connectivity index (χ4v) is 2.24. The first-order valence-corrected chi connectivity index (χ1v) is 5.66. The summed E-state index contributed by atoms with van der Waals surface area (Å²) in [6.45, 7) is 1.32. The topological polar surface area (TPSA) is 33.5 Å². The molecule has 1 aromatic rings. The van der Waals surface area contributed by atoms with Gasteiger partial charge < -0.3 is 9.32 Å². The molecule has 1 aliphatic heterocycles. The number of rotatable bonds is 1. The van der Waals surface area contributed by atoms with E-state index in [2.05, 4.69) is 0 Å². The van der Waals surface area contributed by atoms with E-state index in [1.807, 2.05) is 0 Å². The third-order valence-corrected chi connectivity index (χ3v) is 3.15. The number of hydrogen-bond donors (Lipinski definition) is 0. The van der Waals surface area contributed by atoms with Gasteiger partial charge in [0.15, 0.2) is 0 Å². The van der Waals surface area contributed by atoms with Crippen LogP contribution in [0.15, 0.2) is 16.7 Å². The number of halogens is 2. The summed E-state index contributed by atoms with van der Waals surface area (Å²) >= 11 is 11.7. The zero-order valence-electron chi connectivity index (χ0n) is 8.08. The number of piperidine rings is 1. The molecule has 1 atom stereocenters. The second-order valence-corrected chi connectivity index (χ2v) is 4.56. The molecule has 0 aromatic carbocycles. The Balaban J connectivity index is 2.11. The maximum absolute atomic E-state index is 12.0. The highest BCUT2D eigenvalue weighted by atomic mass is 35.5. The monoisotopic (exact) mass is 247 g/mol. The lowest BCUT2D eigenvalue weighted by Crippen LogP contribution is -2.40. The van der Waals surface area contributed by atoms with Crippen molar-refractivity contribution in [3.63, 3.8) is 0 Å². The van der Waals surface area contributed by atoms with Gasteiger partial charge in [-0.25, -0.2) is 0 Å². The molecule has 82 valence electrons. The molecule has 2 heterocycles. The van der Waals surface area contributed by atoms with Crippen LogP contribution < -0.4 is 0 Å². The summed E-state index contributed by atoms with van der Waals surface area (Å²) in [5.74, 6) is -0.0981. The first-order valence-electron chi connectivity index (χ1n) is 4.85. The summed E-state index contributed by atoms with van der Waals surface area (Å²) in [5.41, 5.74) is 0.419. The summed E-state index contributed by atoms with van der Waals surface area (Å²) in [6.07, 6.45) is 3.32. The van der Waals surface area contributed by atoms with Crippen molar-refractivity contribution in [2.24, 2.45) is 0 Å². The highest BCUT2D eigenvalue weighted by Gasteiger charge is 2.25. The molecule has 1 saturated heterocycles. The lowest BCUT2D eigenvalue weighted by molar-refractivity contribution is 0.0726. The van der Waals surface area contributed by atoms with E-state index in [9.17, 15) is 4.79 Å². The van der Waals surface area contributed by atoms with E-state index in [4.69, 9.17) is 27.6 Å². The molecular weight excluding hydrogens is 237 g/mol. The Hall–Kier alpha value is -0.670. The minimum absolute atomic E-state index is 0.0494. The molecule has 3 nitrogen and oxygen atoms in total. The third kappa shape index (κ3) is 2.29. The number of hydrogen-bond acceptors (Lipinski definition) is 2. The molecule has 0 radical (unpaired) electrons. The number of nitrogens with zero attached hydrogens (tertiary/aromatic N) is 1. The zero-order chi connectivity index (χ0) is 10.8. The number of likely N-dealkylation sites (tertiary alicyclic amines) is 1. The smallest absolute Gasteiger partial charge is 0.258 e. The Morgan fingerprint density at radius 3 is 3.00 bits per heavy atom. The van der Waals surface area contributed by atoms with Gasteiger partial charge in [0.05, 0.1) is 17.2 Å². The van der Waals surface area contributed by atoms with Gasteiger partial charge in [-0.05, 0) is 30.5 Å². The van der Waals surface area contributed by atoms with E-state index in [1.165, 1.54) is 6.26 Å². The second kappa shape index (κ2) is 4.45. The third-order valence-electron chi connectivity index (χ3n) is 2.50. The van der Waals surface area contributed by atoms with Crippen molar-refractivity contribution in [2.75, 3.05) is 13.1 Å². The molecule has 0 aliphatic carbocycles. The molecule has 1 amide bonds. The van der Waals surface area contributed by atoms with Crippen LogP contribution in [0.3, 0.4) is 0 Å². The lowest BCUT2D eigenvalue weighted by Gasteiger charge is -2.29. The van der Waals surface area contributed by atoms with Crippen molar-refractivity contribution < 1.29 is 9.21 Å². The standard InChI is InChI=1S/C10H11Cl2NO2/c11-7-2-1-4-13(6-7)10(14)8-3-5-15-9(8)12/h3,5,7H,1-2,4,6H2. The summed E-state index contributed by atoms with van der Waals surface area (Å²) < 4.78 is 4.89. The quantitative estimate of drug-likeness (QED) is 0.716. The Morgan fingerprint density at radius 2 is 2.40 bits per heavy atom. The van der Waals surface area contributed by atoms with E-state index in [0.717, 1.165) is 19.4 Å². The van der Waals surface area contributed by atoms with Crippen LogP contribution in [0.1, 0.15) is 23.2 Å². The van der Waals surface area contributed by atoms with Crippen LogP contribution in [-0.2, 0) is 0 Å². The average molecular weight is 248 g/mol. The van der Waals surface area contributed by atoms with Crippen LogP contribution in [0.2, 0.25) is 5.22 Å². The minimum Gasteiger partial charge on any atom is -0.452 e. The number of furan rings is 1. The van der Waals surface area contributed by atoms with Crippen molar-refractivity contribution in [1.29, 1.82) is 0 Å². The molecule has 15 heavy (non-hydrogen) atoms. The number of carbonyl (C=O) groups excluding carboxylic acids is 1. The average Bonchev–Trinajstić information content (AvgIpc) is 2.63. The SMILES string of the molecule is O=C(c1ccoc1Cl)N1CCCC(Cl)C1. The van der Waals surface area contributed by atoms with Crippen LogP contribution in [0.5, 0.6) is 0 Å². The maximum atomic E-state index is 12.0. The first kappa shape index (κ1) is 10.8. The molecule has 1 aliphatic rings. The van der Waals surface area contributed by atoms with Gasteiger partial charge in [0.1, 0.15) is 0 Å². The van der Waals surface area contributed by atoms with Gasteiger partial charge in [0, 0.05) is 13.1 Å². The summed E-state index contributed by atoms with van der Waals surface area (Å²) in [6, 6.07) is 1.59. The van der Waals surface area contributed by atoms with E-state index >= 15 is 0 Å². The summed E-state index contributed by atoms with van der Waals surface area (Å²) in [7, 11) is 0. The van der Waals surface area contributed by atoms with Crippen LogP contribution in [-0.4, -0.2) is 29.3 Å². The molecule has 0 spiro atoms. The molecule has 1 aromatic heterocycles. The van der Waals surface area contributed by atoms with E-state index in [1.54, 1.807) is 11.0 Å². The van der Waals surface area contributed by atoms with Crippen LogP contribution in [0.4, 0.5) is 0 Å². The van der Waals surface area contributed by atoms with E-state index in [0.29, 0.717) is 12.1 Å². The van der Waals surface area contributed by atoms with Gasteiger partial charge in [-0.15, -0.1) is 11.6 Å². The van der Waals surface area contributed by atoms with Gasteiger partial charge in [-0.2, -0.15) is 0 Å². The van der Waals surface area contributed by atoms with Gasteiger partial charge in [-0.1, -0.05) is 0 Å². The summed E-state index contributed by atoms with van der Waals surface area (Å²) in [4.78, 5) is 13.7. The van der Waals surface area contributed by atoms with Gasteiger partial charge in [0.2, 0.25) is 5.22 Å². The lowest BCUT2D eigenvalue weighted by atomic mass is 10.1. The molecule has 0 saturated carbocycles. The van der Waals surface area contributed by atoms with Crippen molar-refractivity contribution in [2.45, 2.75) is 18.2 Å². The van der Waals surface area contributed by atoms with Gasteiger partial charge in [-0.3, -0.25) is 4.79 Å². The van der Waals surface area contributed by atoms with Crippen LogP contribution in [0.25, 0.3) is 0 Å². The predicted molar refractivity (Wildman–Crippen MR) is 58.5 cm³/mol. The normalized spacial score (nSPS) is 21.7. The second-order valence-electron chi connectivity index (χ2n) is 3.60. The Labute approximate surface area is 97.9 Å². The number of carbonyl (C=O) groups is 1. The highest BCUT2D eigenvalue weighted by Crippen LogP contribution is 2.22. The van der Waals surface area contributed by atoms with Crippen molar-refractivity contribution >= 4 is 29.1 Å². The molecule has 0 N–H and O–H groups in total. The van der Waals surface area contributed by atoms with Crippen molar-refractivity contribution in [1.82, 2.24) is 4.90 Å². The highest BCUT2D eigenvalue weighted by molar-refractivity contribution is 6.32. The van der Waals surface area contributed by atoms with Crippen molar-refractivity contribution in [3.8, 4) is 0 Å². The molecule has 2 rings (SSSR count). The van der Waals surface area contributed by atoms with E-state index < -0.39 is 0 Å². The van der Waals surface area contributed by atoms with Gasteiger partial charge >= 0.3 is 0 Å².